The highest BCUT2D eigenvalue weighted by Gasteiger charge is 2.40. The first-order valence-corrected chi connectivity index (χ1v) is 7.36. The summed E-state index contributed by atoms with van der Waals surface area (Å²) in [5.41, 5.74) is 2.46. The van der Waals surface area contributed by atoms with E-state index in [9.17, 15) is 4.79 Å². The highest BCUT2D eigenvalue weighted by Crippen LogP contribution is 2.26. The lowest BCUT2D eigenvalue weighted by atomic mass is 9.92. The summed E-state index contributed by atoms with van der Waals surface area (Å²) in [6.45, 7) is 3.06. The van der Waals surface area contributed by atoms with E-state index in [2.05, 4.69) is 41.8 Å². The average Bonchev–Trinajstić information content (AvgIpc) is 3.05. The van der Waals surface area contributed by atoms with Gasteiger partial charge in [-0.1, -0.05) is 31.2 Å². The maximum Gasteiger partial charge on any atom is 0.240 e. The summed E-state index contributed by atoms with van der Waals surface area (Å²) in [4.78, 5) is 12.5. The molecule has 1 unspecified atom stereocenters. The van der Waals surface area contributed by atoms with E-state index in [0.717, 1.165) is 38.6 Å². The van der Waals surface area contributed by atoms with Crippen molar-refractivity contribution < 1.29 is 4.79 Å². The van der Waals surface area contributed by atoms with Gasteiger partial charge in [0.2, 0.25) is 5.91 Å². The van der Waals surface area contributed by atoms with E-state index < -0.39 is 0 Å². The molecule has 0 spiro atoms. The molecule has 1 fully saturated rings. The van der Waals surface area contributed by atoms with E-state index in [1.165, 1.54) is 11.1 Å². The van der Waals surface area contributed by atoms with E-state index >= 15 is 0 Å². The Bertz CT molecular complexity index is 452. The van der Waals surface area contributed by atoms with Gasteiger partial charge in [-0.2, -0.15) is 0 Å². The zero-order valence-corrected chi connectivity index (χ0v) is 11.5. The van der Waals surface area contributed by atoms with Gasteiger partial charge in [-0.25, -0.2) is 0 Å². The topological polar surface area (TPSA) is 41.1 Å². The first-order valence-electron chi connectivity index (χ1n) is 7.36. The lowest BCUT2D eigenvalue weighted by Crippen LogP contribution is -2.55. The van der Waals surface area contributed by atoms with Gasteiger partial charge in [-0.15, -0.1) is 0 Å². The van der Waals surface area contributed by atoms with Gasteiger partial charge in [-0.3, -0.25) is 4.79 Å². The summed E-state index contributed by atoms with van der Waals surface area (Å²) in [6.07, 6.45) is 4.89. The molecule has 0 radical (unpaired) electrons. The fourth-order valence-electron chi connectivity index (χ4n) is 3.45. The number of amides is 1. The summed E-state index contributed by atoms with van der Waals surface area (Å²) in [5, 5.41) is 6.66. The number of benzene rings is 1. The maximum atomic E-state index is 12.5. The molecule has 1 saturated heterocycles. The molecule has 1 aliphatic carbocycles. The Kier molecular flexibility index (Phi) is 3.31. The molecule has 3 heteroatoms. The van der Waals surface area contributed by atoms with Gasteiger partial charge in [0, 0.05) is 6.04 Å². The SMILES string of the molecule is CCC1(C(=O)NC2Cc3ccccc3C2)CCCN1. The van der Waals surface area contributed by atoms with Crippen LogP contribution in [0.15, 0.2) is 24.3 Å². The van der Waals surface area contributed by atoms with Gasteiger partial charge >= 0.3 is 0 Å². The third-order valence-corrected chi connectivity index (χ3v) is 4.67. The minimum absolute atomic E-state index is 0.199. The Morgan fingerprint density at radius 3 is 2.58 bits per heavy atom. The number of carbonyl (C=O) groups excluding carboxylic acids is 1. The smallest absolute Gasteiger partial charge is 0.240 e. The quantitative estimate of drug-likeness (QED) is 0.868. The predicted octanol–water partition coefficient (Wildman–Crippen LogP) is 1.80. The molecule has 0 aromatic heterocycles. The van der Waals surface area contributed by atoms with Crippen LogP contribution in [0.4, 0.5) is 0 Å². The largest absolute Gasteiger partial charge is 0.351 e. The monoisotopic (exact) mass is 258 g/mol. The van der Waals surface area contributed by atoms with Crippen LogP contribution < -0.4 is 10.6 Å². The van der Waals surface area contributed by atoms with Crippen LogP contribution in [0.3, 0.4) is 0 Å². The molecule has 2 aliphatic rings. The molecule has 1 aromatic rings. The zero-order valence-electron chi connectivity index (χ0n) is 11.5. The molecule has 1 aromatic carbocycles. The maximum absolute atomic E-state index is 12.5. The van der Waals surface area contributed by atoms with E-state index in [4.69, 9.17) is 0 Å². The van der Waals surface area contributed by atoms with Crippen LogP contribution in [-0.4, -0.2) is 24.0 Å². The Hall–Kier alpha value is -1.35. The van der Waals surface area contributed by atoms with Gasteiger partial charge in [0.15, 0.2) is 0 Å². The number of hydrogen-bond donors (Lipinski definition) is 2. The van der Waals surface area contributed by atoms with E-state index in [1.54, 1.807) is 0 Å². The Morgan fingerprint density at radius 1 is 1.37 bits per heavy atom. The fraction of sp³-hybridized carbons (Fsp3) is 0.562. The second kappa shape index (κ2) is 4.97. The Labute approximate surface area is 114 Å². The van der Waals surface area contributed by atoms with Gasteiger partial charge in [-0.05, 0) is 49.8 Å². The average molecular weight is 258 g/mol. The van der Waals surface area contributed by atoms with E-state index in [0.29, 0.717) is 0 Å². The Balaban J connectivity index is 1.66. The molecule has 0 saturated carbocycles. The van der Waals surface area contributed by atoms with E-state index in [1.807, 2.05) is 0 Å². The molecule has 3 rings (SSSR count). The standard InChI is InChI=1S/C16H22N2O/c1-2-16(8-5-9-17-16)15(19)18-14-10-12-6-3-4-7-13(12)11-14/h3-4,6-7,14,17H,2,5,8-11H2,1H3,(H,18,19). The molecular formula is C16H22N2O. The molecular weight excluding hydrogens is 236 g/mol. The number of carbonyl (C=O) groups is 1. The van der Waals surface area contributed by atoms with Crippen molar-refractivity contribution in [3.63, 3.8) is 0 Å². The van der Waals surface area contributed by atoms with Crippen molar-refractivity contribution in [3.05, 3.63) is 35.4 Å². The first-order chi connectivity index (χ1) is 9.23. The summed E-state index contributed by atoms with van der Waals surface area (Å²) in [5.74, 6) is 0.199. The van der Waals surface area contributed by atoms with Crippen LogP contribution in [0.2, 0.25) is 0 Å². The molecule has 1 atom stereocenters. The summed E-state index contributed by atoms with van der Waals surface area (Å²) in [6, 6.07) is 8.77. The number of rotatable bonds is 3. The highest BCUT2D eigenvalue weighted by atomic mass is 16.2. The predicted molar refractivity (Wildman–Crippen MR) is 76.0 cm³/mol. The molecule has 2 N–H and O–H groups in total. The third kappa shape index (κ3) is 2.27. The lowest BCUT2D eigenvalue weighted by molar-refractivity contribution is -0.128. The second-order valence-corrected chi connectivity index (χ2v) is 5.81. The summed E-state index contributed by atoms with van der Waals surface area (Å²) < 4.78 is 0. The van der Waals surface area contributed by atoms with Gasteiger partial charge in [0.05, 0.1) is 5.54 Å². The van der Waals surface area contributed by atoms with Crippen molar-refractivity contribution in [2.45, 2.75) is 50.6 Å². The summed E-state index contributed by atoms with van der Waals surface area (Å²) >= 11 is 0. The minimum Gasteiger partial charge on any atom is -0.351 e. The van der Waals surface area contributed by atoms with Crippen LogP contribution >= 0.6 is 0 Å². The number of hydrogen-bond acceptors (Lipinski definition) is 2. The van der Waals surface area contributed by atoms with Crippen LogP contribution in [0.25, 0.3) is 0 Å². The highest BCUT2D eigenvalue weighted by molar-refractivity contribution is 5.87. The summed E-state index contributed by atoms with van der Waals surface area (Å²) in [7, 11) is 0. The molecule has 0 bridgehead atoms. The fourth-order valence-corrected chi connectivity index (χ4v) is 3.45. The van der Waals surface area contributed by atoms with Gasteiger partial charge in [0.1, 0.15) is 0 Å². The Morgan fingerprint density at radius 2 is 2.05 bits per heavy atom. The second-order valence-electron chi connectivity index (χ2n) is 5.81. The van der Waals surface area contributed by atoms with Crippen molar-refractivity contribution in [3.8, 4) is 0 Å². The first kappa shape index (κ1) is 12.7. The molecule has 3 nitrogen and oxygen atoms in total. The van der Waals surface area contributed by atoms with E-state index in [-0.39, 0.29) is 17.5 Å². The minimum atomic E-state index is -0.311. The number of nitrogens with one attached hydrogen (secondary N) is 2. The lowest BCUT2D eigenvalue weighted by Gasteiger charge is -2.28. The zero-order chi connectivity index (χ0) is 13.3. The van der Waals surface area contributed by atoms with Crippen molar-refractivity contribution in [1.29, 1.82) is 0 Å². The molecule has 19 heavy (non-hydrogen) atoms. The van der Waals surface area contributed by atoms with Crippen molar-refractivity contribution in [2.75, 3.05) is 6.54 Å². The van der Waals surface area contributed by atoms with Crippen molar-refractivity contribution >= 4 is 5.91 Å². The van der Waals surface area contributed by atoms with Crippen molar-refractivity contribution in [1.82, 2.24) is 10.6 Å². The molecule has 1 heterocycles. The third-order valence-electron chi connectivity index (χ3n) is 4.67. The van der Waals surface area contributed by atoms with Gasteiger partial charge < -0.3 is 10.6 Å². The van der Waals surface area contributed by atoms with Gasteiger partial charge in [0.25, 0.3) is 0 Å². The van der Waals surface area contributed by atoms with Crippen LogP contribution in [-0.2, 0) is 17.6 Å². The van der Waals surface area contributed by atoms with Crippen molar-refractivity contribution in [2.24, 2.45) is 0 Å². The normalized spacial score (nSPS) is 26.4. The van der Waals surface area contributed by atoms with Crippen LogP contribution in [0.1, 0.15) is 37.3 Å². The molecule has 1 amide bonds. The van der Waals surface area contributed by atoms with Crippen LogP contribution in [0, 0.1) is 0 Å². The van der Waals surface area contributed by atoms with Crippen LogP contribution in [0.5, 0.6) is 0 Å². The molecule has 102 valence electrons. The molecule has 1 aliphatic heterocycles. The number of fused-ring (bicyclic) bond motifs is 1.